The van der Waals surface area contributed by atoms with Gasteiger partial charge in [-0.15, -0.1) is 11.3 Å². The van der Waals surface area contributed by atoms with Crippen LogP contribution in [0.4, 0.5) is 4.39 Å². The van der Waals surface area contributed by atoms with E-state index in [2.05, 4.69) is 35.1 Å². The van der Waals surface area contributed by atoms with Gasteiger partial charge in [0.05, 0.1) is 33.6 Å². The van der Waals surface area contributed by atoms with E-state index in [1.165, 1.54) is 0 Å². The Morgan fingerprint density at radius 3 is 2.84 bits per heavy atom. The number of hydrogen-bond acceptors (Lipinski definition) is 6. The van der Waals surface area contributed by atoms with Crippen LogP contribution < -0.4 is 0 Å². The van der Waals surface area contributed by atoms with E-state index < -0.39 is 5.82 Å². The topological polar surface area (TPSA) is 112 Å². The summed E-state index contributed by atoms with van der Waals surface area (Å²) in [6, 6.07) is 7.79. The van der Waals surface area contributed by atoms with Crippen molar-refractivity contribution < 1.29 is 4.39 Å². The summed E-state index contributed by atoms with van der Waals surface area (Å²) >= 11 is 1.59. The first-order chi connectivity index (χ1) is 15.2. The highest BCUT2D eigenvalue weighted by molar-refractivity contribution is 7.23. The Hall–Kier alpha value is -4.18. The van der Waals surface area contributed by atoms with E-state index in [4.69, 9.17) is 4.98 Å². The predicted molar refractivity (Wildman–Crippen MR) is 119 cm³/mol. The van der Waals surface area contributed by atoms with Gasteiger partial charge in [0.2, 0.25) is 0 Å². The first-order valence-electron chi connectivity index (χ1n) is 9.45. The monoisotopic (exact) mass is 426 g/mol. The Morgan fingerprint density at radius 1 is 0.903 bits per heavy atom. The highest BCUT2D eigenvalue weighted by Gasteiger charge is 2.15. The van der Waals surface area contributed by atoms with Crippen molar-refractivity contribution in [1.82, 2.24) is 40.1 Å². The van der Waals surface area contributed by atoms with Gasteiger partial charge in [0, 0.05) is 27.9 Å². The van der Waals surface area contributed by atoms with Gasteiger partial charge in [-0.1, -0.05) is 0 Å². The fraction of sp³-hybridized carbons (Fsp3) is 0. The molecule has 0 aliphatic heterocycles. The number of hydrogen-bond donors (Lipinski definition) is 3. The molecule has 0 fully saturated rings. The van der Waals surface area contributed by atoms with Gasteiger partial charge >= 0.3 is 0 Å². The molecule has 7 aromatic heterocycles. The summed E-state index contributed by atoms with van der Waals surface area (Å²) in [7, 11) is 0. The molecule has 10 heteroatoms. The van der Waals surface area contributed by atoms with Gasteiger partial charge in [0.25, 0.3) is 0 Å². The highest BCUT2D eigenvalue weighted by atomic mass is 32.1. The molecule has 0 unspecified atom stereocenters. The van der Waals surface area contributed by atoms with Crippen LogP contribution in [0.3, 0.4) is 0 Å². The molecule has 148 valence electrons. The average Bonchev–Trinajstić information content (AvgIpc) is 3.51. The van der Waals surface area contributed by atoms with Crippen molar-refractivity contribution in [2.75, 3.05) is 0 Å². The SMILES string of the molecule is Fc1c2ncc3[nH]nc(c4nc5c(nccc5c5ccc([nH]c6cncc2c6)s5)[nH]4)c13. The summed E-state index contributed by atoms with van der Waals surface area (Å²) < 4.78 is 16.7. The summed E-state index contributed by atoms with van der Waals surface area (Å²) in [6.45, 7) is 0. The van der Waals surface area contributed by atoms with Crippen molar-refractivity contribution in [2.45, 2.75) is 0 Å². The summed E-state index contributed by atoms with van der Waals surface area (Å²) in [4.78, 5) is 25.2. The molecule has 3 N–H and O–H groups in total. The fourth-order valence-electron chi connectivity index (χ4n) is 3.90. The maximum Gasteiger partial charge on any atom is 0.161 e. The van der Waals surface area contributed by atoms with Crippen molar-refractivity contribution in [2.24, 2.45) is 0 Å². The molecular formula is C21H11FN8S. The lowest BCUT2D eigenvalue weighted by Crippen LogP contribution is -1.86. The second kappa shape index (κ2) is 5.92. The van der Waals surface area contributed by atoms with Crippen LogP contribution in [0.5, 0.6) is 0 Å². The Labute approximate surface area is 175 Å². The lowest BCUT2D eigenvalue weighted by molar-refractivity contribution is 0.648. The van der Waals surface area contributed by atoms with Gasteiger partial charge in [0.1, 0.15) is 16.6 Å². The second-order valence-corrected chi connectivity index (χ2v) is 8.26. The normalized spacial score (nSPS) is 12.0. The number of aromatic amines is 3. The lowest BCUT2D eigenvalue weighted by Gasteiger charge is -1.98. The van der Waals surface area contributed by atoms with E-state index in [0.717, 1.165) is 20.4 Å². The third-order valence-electron chi connectivity index (χ3n) is 5.30. The molecule has 7 rings (SSSR count). The minimum absolute atomic E-state index is 0.197. The van der Waals surface area contributed by atoms with Gasteiger partial charge in [0.15, 0.2) is 17.1 Å². The molecule has 0 aromatic carbocycles. The molecule has 0 aliphatic carbocycles. The Bertz CT molecular complexity index is 1870. The van der Waals surface area contributed by atoms with Crippen LogP contribution in [0.1, 0.15) is 0 Å². The van der Waals surface area contributed by atoms with E-state index in [-0.39, 0.29) is 5.52 Å². The molecule has 0 saturated carbocycles. The summed E-state index contributed by atoms with van der Waals surface area (Å²) in [5, 5.41) is 9.00. The molecule has 7 heterocycles. The number of imidazole rings is 1. The molecule has 7 aromatic rings. The number of thiophene rings is 1. The van der Waals surface area contributed by atoms with E-state index in [1.54, 1.807) is 36.1 Å². The van der Waals surface area contributed by atoms with Crippen LogP contribution in [-0.4, -0.2) is 40.1 Å². The molecule has 0 amide bonds. The molecule has 0 radical (unpaired) electrons. The number of nitrogens with one attached hydrogen (secondary N) is 3. The lowest BCUT2D eigenvalue weighted by atomic mass is 10.2. The first-order valence-corrected chi connectivity index (χ1v) is 10.3. The third kappa shape index (κ3) is 2.36. The van der Waals surface area contributed by atoms with Crippen LogP contribution in [0.15, 0.2) is 49.1 Å². The van der Waals surface area contributed by atoms with Crippen LogP contribution in [0.25, 0.3) is 64.6 Å². The van der Waals surface area contributed by atoms with E-state index in [0.29, 0.717) is 38.6 Å². The zero-order valence-corrected chi connectivity index (χ0v) is 16.5. The van der Waals surface area contributed by atoms with Crippen molar-refractivity contribution >= 4 is 75.9 Å². The Balaban J connectivity index is 1.82. The largest absolute Gasteiger partial charge is 0.346 e. The average molecular weight is 426 g/mol. The second-order valence-electron chi connectivity index (χ2n) is 7.17. The van der Waals surface area contributed by atoms with Crippen LogP contribution in [0.2, 0.25) is 0 Å². The van der Waals surface area contributed by atoms with Gasteiger partial charge in [-0.2, -0.15) is 5.10 Å². The number of halogens is 1. The molecule has 0 spiro atoms. The number of pyridine rings is 3. The zero-order chi connectivity index (χ0) is 20.5. The zero-order valence-electron chi connectivity index (χ0n) is 15.6. The Kier molecular flexibility index (Phi) is 3.17. The summed E-state index contributed by atoms with van der Waals surface area (Å²) in [6.07, 6.45) is 6.59. The maximum atomic E-state index is 15.7. The first kappa shape index (κ1) is 16.6. The quantitative estimate of drug-likeness (QED) is 0.320. The molecule has 0 atom stereocenters. The predicted octanol–water partition coefficient (Wildman–Crippen LogP) is 4.89. The van der Waals surface area contributed by atoms with E-state index in [9.17, 15) is 0 Å². The molecule has 0 aliphatic rings. The number of fused-ring (bicyclic) bond motifs is 9. The number of H-pyrrole nitrogens is 3. The smallest absolute Gasteiger partial charge is 0.161 e. The molecule has 8 bridgehead atoms. The van der Waals surface area contributed by atoms with Crippen LogP contribution in [-0.2, 0) is 0 Å². The van der Waals surface area contributed by atoms with Gasteiger partial charge < -0.3 is 9.97 Å². The number of rotatable bonds is 0. The van der Waals surface area contributed by atoms with Gasteiger partial charge in [-0.25, -0.2) is 14.4 Å². The van der Waals surface area contributed by atoms with E-state index in [1.807, 2.05) is 24.3 Å². The van der Waals surface area contributed by atoms with Crippen molar-refractivity contribution in [3.63, 3.8) is 0 Å². The standard InChI is InChI=1S/C21H11FN8S/c22-16-15-12-8-25-17(16)9-5-10(7-23-6-9)26-14-2-1-13(31-14)11-3-4-24-20-18(11)27-21(28-20)19(15)30-29-12/h1-8,26H,(H,29,30)(H,24,27,28). The minimum atomic E-state index is -0.485. The molecular weight excluding hydrogens is 415 g/mol. The fourth-order valence-corrected chi connectivity index (χ4v) is 4.85. The van der Waals surface area contributed by atoms with Crippen LogP contribution >= 0.6 is 11.3 Å². The third-order valence-corrected chi connectivity index (χ3v) is 6.34. The number of aromatic nitrogens is 8. The summed E-state index contributed by atoms with van der Waals surface area (Å²) in [5.41, 5.74) is 3.56. The highest BCUT2D eigenvalue weighted by Crippen LogP contribution is 2.30. The van der Waals surface area contributed by atoms with Crippen molar-refractivity contribution in [3.05, 3.63) is 54.9 Å². The van der Waals surface area contributed by atoms with Crippen molar-refractivity contribution in [1.29, 1.82) is 0 Å². The minimum Gasteiger partial charge on any atom is -0.346 e. The maximum absolute atomic E-state index is 15.7. The Morgan fingerprint density at radius 2 is 1.87 bits per heavy atom. The van der Waals surface area contributed by atoms with Crippen molar-refractivity contribution in [3.8, 4) is 0 Å². The van der Waals surface area contributed by atoms with Crippen LogP contribution in [0, 0.1) is 5.82 Å². The van der Waals surface area contributed by atoms with Gasteiger partial charge in [-0.3, -0.25) is 15.1 Å². The summed E-state index contributed by atoms with van der Waals surface area (Å²) in [5.74, 6) is -0.485. The number of nitrogens with zero attached hydrogens (tertiary/aromatic N) is 5. The molecule has 8 nitrogen and oxygen atoms in total. The van der Waals surface area contributed by atoms with Gasteiger partial charge in [-0.05, 0) is 24.3 Å². The molecule has 31 heavy (non-hydrogen) atoms. The van der Waals surface area contributed by atoms with E-state index >= 15 is 4.39 Å². The molecule has 0 saturated heterocycles.